The van der Waals surface area contributed by atoms with E-state index in [-0.39, 0.29) is 6.10 Å². The minimum absolute atomic E-state index is 0.0986. The fraction of sp³-hybridized carbons (Fsp3) is 0.538. The van der Waals surface area contributed by atoms with Gasteiger partial charge < -0.3 is 9.47 Å². The van der Waals surface area contributed by atoms with Crippen LogP contribution < -0.4 is 0 Å². The Morgan fingerprint density at radius 1 is 1.31 bits per heavy atom. The summed E-state index contributed by atoms with van der Waals surface area (Å²) < 4.78 is 12.0. The molecule has 1 atom stereocenters. The normalized spacial score (nSPS) is 12.8. The van der Waals surface area contributed by atoms with Gasteiger partial charge in [0.05, 0.1) is 6.10 Å². The zero-order valence-electron chi connectivity index (χ0n) is 10.1. The molecule has 1 aromatic rings. The summed E-state index contributed by atoms with van der Waals surface area (Å²) in [7, 11) is 0. The van der Waals surface area contributed by atoms with Crippen LogP contribution in [0.15, 0.2) is 22.7 Å². The predicted octanol–water partition coefficient (Wildman–Crippen LogP) is 4.22. The quantitative estimate of drug-likeness (QED) is 0.576. The van der Waals surface area contributed by atoms with Crippen molar-refractivity contribution in [1.82, 2.24) is 0 Å². The average molecular weight is 287 g/mol. The molecule has 0 bridgehead atoms. The van der Waals surface area contributed by atoms with Gasteiger partial charge in [-0.1, -0.05) is 35.0 Å². The van der Waals surface area contributed by atoms with Gasteiger partial charge in [-0.3, -0.25) is 0 Å². The molecule has 1 aromatic carbocycles. The summed E-state index contributed by atoms with van der Waals surface area (Å²) >= 11 is 3.58. The second-order valence-corrected chi connectivity index (χ2v) is 4.55. The van der Waals surface area contributed by atoms with Gasteiger partial charge in [0.25, 0.3) is 0 Å². The van der Waals surface area contributed by atoms with E-state index >= 15 is 0 Å². The Bertz CT molecular complexity index is 326. The van der Waals surface area contributed by atoms with Gasteiger partial charge in [-0.15, -0.1) is 0 Å². The first-order chi connectivity index (χ1) is 7.69. The molecule has 0 saturated carbocycles. The lowest BCUT2D eigenvalue weighted by atomic mass is 10.1. The van der Waals surface area contributed by atoms with Crippen molar-refractivity contribution in [3.05, 3.63) is 33.8 Å². The van der Waals surface area contributed by atoms with Crippen LogP contribution in [0.5, 0.6) is 0 Å². The lowest BCUT2D eigenvalue weighted by molar-refractivity contribution is -0.0888. The molecule has 0 amide bonds. The number of aryl methyl sites for hydroxylation is 1. The van der Waals surface area contributed by atoms with Crippen molar-refractivity contribution in [2.75, 3.05) is 13.4 Å². The van der Waals surface area contributed by atoms with Gasteiger partial charge in [-0.05, 0) is 37.5 Å². The van der Waals surface area contributed by atoms with E-state index in [0.717, 1.165) is 10.9 Å². The maximum absolute atomic E-state index is 5.69. The monoisotopic (exact) mass is 286 g/mol. The highest BCUT2D eigenvalue weighted by molar-refractivity contribution is 9.10. The molecule has 16 heavy (non-hydrogen) atoms. The topological polar surface area (TPSA) is 18.5 Å². The zero-order valence-corrected chi connectivity index (χ0v) is 11.7. The molecule has 0 heterocycles. The van der Waals surface area contributed by atoms with Crippen LogP contribution in [0.2, 0.25) is 0 Å². The number of hydrogen-bond donors (Lipinski definition) is 0. The maximum Gasteiger partial charge on any atom is 0.147 e. The van der Waals surface area contributed by atoms with Gasteiger partial charge in [0.15, 0.2) is 0 Å². The van der Waals surface area contributed by atoms with E-state index in [1.165, 1.54) is 11.1 Å². The van der Waals surface area contributed by atoms with Gasteiger partial charge in [-0.25, -0.2) is 0 Å². The van der Waals surface area contributed by atoms with E-state index in [1.54, 1.807) is 0 Å². The minimum atomic E-state index is 0.0986. The molecule has 0 N–H and O–H groups in total. The Balaban J connectivity index is 2.70. The Labute approximate surface area is 106 Å². The number of benzene rings is 1. The lowest BCUT2D eigenvalue weighted by Gasteiger charge is -2.18. The van der Waals surface area contributed by atoms with Gasteiger partial charge in [0, 0.05) is 11.1 Å². The number of hydrogen-bond acceptors (Lipinski definition) is 2. The first-order valence-corrected chi connectivity index (χ1v) is 6.43. The fourth-order valence-corrected chi connectivity index (χ4v) is 2.28. The van der Waals surface area contributed by atoms with Crippen molar-refractivity contribution in [2.24, 2.45) is 0 Å². The van der Waals surface area contributed by atoms with Crippen LogP contribution in [-0.2, 0) is 9.47 Å². The molecule has 0 aliphatic carbocycles. The molecule has 0 aromatic heterocycles. The Morgan fingerprint density at radius 3 is 2.62 bits per heavy atom. The van der Waals surface area contributed by atoms with Crippen molar-refractivity contribution in [2.45, 2.75) is 33.3 Å². The van der Waals surface area contributed by atoms with E-state index in [9.17, 15) is 0 Å². The molecule has 0 aliphatic heterocycles. The summed E-state index contributed by atoms with van der Waals surface area (Å²) in [6, 6.07) is 6.33. The smallest absolute Gasteiger partial charge is 0.147 e. The molecule has 0 unspecified atom stereocenters. The van der Waals surface area contributed by atoms with E-state index in [4.69, 9.17) is 9.47 Å². The third kappa shape index (κ3) is 3.89. The largest absolute Gasteiger partial charge is 0.356 e. The summed E-state index contributed by atoms with van der Waals surface area (Å²) in [6.45, 7) is 7.20. The molecule has 0 saturated heterocycles. The standard InChI is InChI=1S/C13H19BrO2/c1-4-13(16-9-15-5-2)11-7-6-10(3)8-12(11)14/h6-8,13H,4-5,9H2,1-3H3/t13-/m1/s1. The maximum atomic E-state index is 5.69. The predicted molar refractivity (Wildman–Crippen MR) is 69.5 cm³/mol. The first-order valence-electron chi connectivity index (χ1n) is 5.64. The highest BCUT2D eigenvalue weighted by Crippen LogP contribution is 2.29. The molecule has 0 aliphatic rings. The molecule has 3 heteroatoms. The highest BCUT2D eigenvalue weighted by Gasteiger charge is 2.12. The van der Waals surface area contributed by atoms with Gasteiger partial charge in [0.2, 0.25) is 0 Å². The van der Waals surface area contributed by atoms with Crippen molar-refractivity contribution in [1.29, 1.82) is 0 Å². The van der Waals surface area contributed by atoms with Crippen LogP contribution in [-0.4, -0.2) is 13.4 Å². The first kappa shape index (κ1) is 13.7. The third-order valence-electron chi connectivity index (χ3n) is 2.43. The summed E-state index contributed by atoms with van der Waals surface area (Å²) in [6.07, 6.45) is 1.04. The molecular weight excluding hydrogens is 268 g/mol. The van der Waals surface area contributed by atoms with E-state index in [1.807, 2.05) is 6.92 Å². The van der Waals surface area contributed by atoms with Crippen molar-refractivity contribution < 1.29 is 9.47 Å². The molecule has 2 nitrogen and oxygen atoms in total. The van der Waals surface area contributed by atoms with Crippen LogP contribution >= 0.6 is 15.9 Å². The van der Waals surface area contributed by atoms with Gasteiger partial charge >= 0.3 is 0 Å². The lowest BCUT2D eigenvalue weighted by Crippen LogP contribution is -2.07. The van der Waals surface area contributed by atoms with E-state index in [0.29, 0.717) is 13.4 Å². The second kappa shape index (κ2) is 7.05. The fourth-order valence-electron chi connectivity index (χ4n) is 1.53. The van der Waals surface area contributed by atoms with Gasteiger partial charge in [0.1, 0.15) is 6.79 Å². The van der Waals surface area contributed by atoms with E-state index in [2.05, 4.69) is 48.0 Å². The van der Waals surface area contributed by atoms with Crippen LogP contribution in [0, 0.1) is 6.92 Å². The molecule has 0 fully saturated rings. The molecule has 0 radical (unpaired) electrons. The summed E-state index contributed by atoms with van der Waals surface area (Å²) in [4.78, 5) is 0. The van der Waals surface area contributed by atoms with Crippen LogP contribution in [0.1, 0.15) is 37.5 Å². The Kier molecular flexibility index (Phi) is 6.03. The van der Waals surface area contributed by atoms with E-state index < -0.39 is 0 Å². The molecule has 0 spiro atoms. The molecule has 1 rings (SSSR count). The molecular formula is C13H19BrO2. The van der Waals surface area contributed by atoms with Crippen LogP contribution in [0.4, 0.5) is 0 Å². The Morgan fingerprint density at radius 2 is 2.06 bits per heavy atom. The van der Waals surface area contributed by atoms with Crippen LogP contribution in [0.25, 0.3) is 0 Å². The van der Waals surface area contributed by atoms with Crippen LogP contribution in [0.3, 0.4) is 0 Å². The zero-order chi connectivity index (χ0) is 12.0. The summed E-state index contributed by atoms with van der Waals surface area (Å²) in [5, 5.41) is 0. The SMILES string of the molecule is CCOCO[C@H](CC)c1ccc(C)cc1Br. The Hall–Kier alpha value is -0.380. The average Bonchev–Trinajstić information content (AvgIpc) is 2.26. The van der Waals surface area contributed by atoms with Crippen molar-refractivity contribution in [3.63, 3.8) is 0 Å². The minimum Gasteiger partial charge on any atom is -0.356 e. The number of ether oxygens (including phenoxy) is 2. The van der Waals surface area contributed by atoms with Crippen molar-refractivity contribution >= 4 is 15.9 Å². The summed E-state index contributed by atoms with van der Waals surface area (Å²) in [5.74, 6) is 0. The van der Waals surface area contributed by atoms with Crippen molar-refractivity contribution in [3.8, 4) is 0 Å². The van der Waals surface area contributed by atoms with Gasteiger partial charge in [-0.2, -0.15) is 0 Å². The molecule has 90 valence electrons. The third-order valence-corrected chi connectivity index (χ3v) is 3.12. The number of rotatable bonds is 6. The number of halogens is 1. The summed E-state index contributed by atoms with van der Waals surface area (Å²) in [5.41, 5.74) is 2.43. The second-order valence-electron chi connectivity index (χ2n) is 3.70. The highest BCUT2D eigenvalue weighted by atomic mass is 79.9.